The number of nitrogens with one attached hydrogen (secondary N) is 1. The highest BCUT2D eigenvalue weighted by Crippen LogP contribution is 2.11. The van der Waals surface area contributed by atoms with E-state index in [0.29, 0.717) is 0 Å². The van der Waals surface area contributed by atoms with E-state index in [4.69, 9.17) is 9.47 Å². The van der Waals surface area contributed by atoms with E-state index in [1.807, 2.05) is 13.8 Å². The molecule has 0 saturated carbocycles. The Balaban J connectivity index is 4.95. The number of carbonyl (C=O) groups is 2. The van der Waals surface area contributed by atoms with Gasteiger partial charge in [-0.25, -0.2) is 20.0 Å². The Morgan fingerprint density at radius 1 is 1.05 bits per heavy atom. The molecule has 0 spiro atoms. The molecule has 20 heavy (non-hydrogen) atoms. The molecule has 0 aliphatic rings. The summed E-state index contributed by atoms with van der Waals surface area (Å²) in [5.74, 6) is -0.0703. The Morgan fingerprint density at radius 3 is 1.90 bits per heavy atom. The first-order chi connectivity index (χ1) is 9.18. The van der Waals surface area contributed by atoms with Crippen molar-refractivity contribution in [3.8, 4) is 0 Å². The molecule has 0 aromatic rings. The van der Waals surface area contributed by atoms with Crippen LogP contribution in [0.1, 0.15) is 41.5 Å². The van der Waals surface area contributed by atoms with Gasteiger partial charge in [-0.05, 0) is 33.6 Å². The van der Waals surface area contributed by atoms with E-state index in [0.717, 1.165) is 5.01 Å². The first kappa shape index (κ1) is 18.5. The number of hydrazine groups is 1. The lowest BCUT2D eigenvalue weighted by Gasteiger charge is -2.32. The summed E-state index contributed by atoms with van der Waals surface area (Å²) in [5, 5.41) is 10.4. The van der Waals surface area contributed by atoms with Gasteiger partial charge in [-0.3, -0.25) is 0 Å². The second kappa shape index (κ2) is 8.63. The molecule has 0 unspecified atom stereocenters. The Hall–Kier alpha value is -1.50. The maximum atomic E-state index is 12.0. The first-order valence-corrected chi connectivity index (χ1v) is 6.77. The van der Waals surface area contributed by atoms with Crippen LogP contribution >= 0.6 is 0 Å². The Labute approximate surface area is 120 Å². The second-order valence-electron chi connectivity index (χ2n) is 5.36. The molecule has 0 bridgehead atoms. The number of carbonyl (C=O) groups excluding carboxylic acids is 2. The van der Waals surface area contributed by atoms with Gasteiger partial charge in [0.2, 0.25) is 0 Å². The zero-order valence-corrected chi connectivity index (χ0v) is 13.0. The van der Waals surface area contributed by atoms with Gasteiger partial charge in [0.15, 0.2) is 0 Å². The molecule has 118 valence electrons. The maximum absolute atomic E-state index is 12.0. The van der Waals surface area contributed by atoms with Crippen LogP contribution in [0.5, 0.6) is 0 Å². The zero-order valence-electron chi connectivity index (χ0n) is 13.0. The summed E-state index contributed by atoms with van der Waals surface area (Å²) >= 11 is 0. The van der Waals surface area contributed by atoms with Crippen LogP contribution in [0.2, 0.25) is 0 Å². The van der Waals surface area contributed by atoms with Gasteiger partial charge in [0.25, 0.3) is 0 Å². The second-order valence-corrected chi connectivity index (χ2v) is 5.36. The number of aliphatic hydroxyl groups is 1. The Bertz CT molecular complexity index is 318. The van der Waals surface area contributed by atoms with Crippen LogP contribution in [0.3, 0.4) is 0 Å². The summed E-state index contributed by atoms with van der Waals surface area (Å²) in [4.78, 5) is 23.6. The third-order valence-corrected chi connectivity index (χ3v) is 2.38. The molecule has 0 rings (SSSR count). The molecule has 1 atom stereocenters. The van der Waals surface area contributed by atoms with Gasteiger partial charge in [-0.15, -0.1) is 0 Å². The van der Waals surface area contributed by atoms with Gasteiger partial charge in [0, 0.05) is 0 Å². The molecular formula is C13H26N2O5. The van der Waals surface area contributed by atoms with Crippen molar-refractivity contribution in [2.24, 2.45) is 5.92 Å². The lowest BCUT2D eigenvalue weighted by molar-refractivity contribution is 0.00884. The molecule has 0 aliphatic carbocycles. The predicted molar refractivity (Wildman–Crippen MR) is 73.9 cm³/mol. The summed E-state index contributed by atoms with van der Waals surface area (Å²) in [6.07, 6.45) is -2.14. The van der Waals surface area contributed by atoms with Crippen molar-refractivity contribution in [1.29, 1.82) is 0 Å². The number of aliphatic hydroxyl groups excluding tert-OH is 1. The minimum atomic E-state index is -0.764. The fourth-order valence-electron chi connectivity index (χ4n) is 1.45. The zero-order chi connectivity index (χ0) is 15.9. The molecule has 7 heteroatoms. The molecule has 0 radical (unpaired) electrons. The number of hydrogen-bond acceptors (Lipinski definition) is 5. The average molecular weight is 290 g/mol. The lowest BCUT2D eigenvalue weighted by atomic mass is 10.1. The normalized spacial score (nSPS) is 12.5. The number of ether oxygens (including phenoxy) is 2. The molecule has 0 fully saturated rings. The van der Waals surface area contributed by atoms with Gasteiger partial charge in [-0.2, -0.15) is 0 Å². The quantitative estimate of drug-likeness (QED) is 0.755. The van der Waals surface area contributed by atoms with E-state index < -0.39 is 18.2 Å². The number of rotatable bonds is 5. The molecule has 0 heterocycles. The predicted octanol–water partition coefficient (Wildman–Crippen LogP) is 1.90. The van der Waals surface area contributed by atoms with Crippen molar-refractivity contribution in [2.45, 2.75) is 59.8 Å². The van der Waals surface area contributed by atoms with Crippen LogP contribution in [-0.2, 0) is 9.47 Å². The van der Waals surface area contributed by atoms with E-state index in [2.05, 4.69) is 5.43 Å². The molecule has 0 saturated heterocycles. The van der Waals surface area contributed by atoms with Crippen molar-refractivity contribution >= 4 is 12.2 Å². The SMILES string of the molecule is CC(C)OC(=O)NN(C(=O)OC(C)C)[C@@H](CO)C(C)C. The van der Waals surface area contributed by atoms with E-state index in [1.54, 1.807) is 27.7 Å². The van der Waals surface area contributed by atoms with Crippen molar-refractivity contribution in [1.82, 2.24) is 10.4 Å². The highest BCUT2D eigenvalue weighted by molar-refractivity contribution is 5.74. The highest BCUT2D eigenvalue weighted by atomic mass is 16.6. The van der Waals surface area contributed by atoms with Crippen LogP contribution in [0.25, 0.3) is 0 Å². The third kappa shape index (κ3) is 6.60. The number of hydrogen-bond donors (Lipinski definition) is 2. The topological polar surface area (TPSA) is 88.1 Å². The first-order valence-electron chi connectivity index (χ1n) is 6.77. The standard InChI is InChI=1S/C13H26N2O5/c1-8(2)11(7-16)15(13(18)20-10(5)6)14-12(17)19-9(3)4/h8-11,16H,7H2,1-6H3,(H,14,17)/t11-/m0/s1. The van der Waals surface area contributed by atoms with Crippen molar-refractivity contribution in [3.63, 3.8) is 0 Å². The maximum Gasteiger partial charge on any atom is 0.429 e. The van der Waals surface area contributed by atoms with E-state index in [1.165, 1.54) is 0 Å². The van der Waals surface area contributed by atoms with Gasteiger partial charge in [-0.1, -0.05) is 13.8 Å². The Morgan fingerprint density at radius 2 is 1.55 bits per heavy atom. The fraction of sp³-hybridized carbons (Fsp3) is 0.846. The summed E-state index contributed by atoms with van der Waals surface area (Å²) in [6.45, 7) is 10.1. The van der Waals surface area contributed by atoms with Gasteiger partial charge >= 0.3 is 12.2 Å². The van der Waals surface area contributed by atoms with Crippen LogP contribution in [0.15, 0.2) is 0 Å². The van der Waals surface area contributed by atoms with E-state index >= 15 is 0 Å². The molecule has 0 aromatic carbocycles. The van der Waals surface area contributed by atoms with Gasteiger partial charge in [0.05, 0.1) is 24.9 Å². The lowest BCUT2D eigenvalue weighted by Crippen LogP contribution is -2.56. The molecule has 0 aliphatic heterocycles. The summed E-state index contributed by atoms with van der Waals surface area (Å²) in [6, 6.07) is -0.596. The average Bonchev–Trinajstić information content (AvgIpc) is 2.25. The van der Waals surface area contributed by atoms with E-state index in [9.17, 15) is 14.7 Å². The molecule has 2 amide bonds. The minimum Gasteiger partial charge on any atom is -0.446 e. The van der Waals surface area contributed by atoms with Crippen LogP contribution in [-0.4, -0.2) is 47.2 Å². The van der Waals surface area contributed by atoms with Crippen molar-refractivity contribution in [2.75, 3.05) is 6.61 Å². The molecule has 2 N–H and O–H groups in total. The van der Waals surface area contributed by atoms with Crippen LogP contribution in [0, 0.1) is 5.92 Å². The fourth-order valence-corrected chi connectivity index (χ4v) is 1.45. The molecule has 7 nitrogen and oxygen atoms in total. The van der Waals surface area contributed by atoms with Gasteiger partial charge < -0.3 is 14.6 Å². The molecular weight excluding hydrogens is 264 g/mol. The summed E-state index contributed by atoms with van der Waals surface area (Å²) in [5.41, 5.74) is 2.32. The van der Waals surface area contributed by atoms with Crippen molar-refractivity contribution < 1.29 is 24.2 Å². The minimum absolute atomic E-state index is 0.0703. The van der Waals surface area contributed by atoms with Crippen molar-refractivity contribution in [3.05, 3.63) is 0 Å². The van der Waals surface area contributed by atoms with Crippen LogP contribution < -0.4 is 5.43 Å². The monoisotopic (exact) mass is 290 g/mol. The third-order valence-electron chi connectivity index (χ3n) is 2.38. The number of amides is 2. The van der Waals surface area contributed by atoms with Crippen LogP contribution in [0.4, 0.5) is 9.59 Å². The molecule has 0 aromatic heterocycles. The smallest absolute Gasteiger partial charge is 0.429 e. The highest BCUT2D eigenvalue weighted by Gasteiger charge is 2.30. The summed E-state index contributed by atoms with van der Waals surface area (Å²) < 4.78 is 9.99. The van der Waals surface area contributed by atoms with E-state index in [-0.39, 0.29) is 24.7 Å². The summed E-state index contributed by atoms with van der Waals surface area (Å²) in [7, 11) is 0. The largest absolute Gasteiger partial charge is 0.446 e. The Kier molecular flexibility index (Phi) is 7.98. The number of nitrogens with zero attached hydrogens (tertiary/aromatic N) is 1. The van der Waals surface area contributed by atoms with Gasteiger partial charge in [0.1, 0.15) is 0 Å².